The van der Waals surface area contributed by atoms with E-state index in [1.165, 1.54) is 0 Å². The highest BCUT2D eigenvalue weighted by molar-refractivity contribution is 5.78. The predicted octanol–water partition coefficient (Wildman–Crippen LogP) is 1.98. The Balaban J connectivity index is 2.41. The largest absolute Gasteiger partial charge is 0.300 e. The fourth-order valence-corrected chi connectivity index (χ4v) is 1.58. The third kappa shape index (κ3) is 2.10. The van der Waals surface area contributed by atoms with E-state index in [2.05, 4.69) is 23.9 Å². The summed E-state index contributed by atoms with van der Waals surface area (Å²) in [5, 5.41) is 4.35. The summed E-state index contributed by atoms with van der Waals surface area (Å²) < 4.78 is 1.75. The van der Waals surface area contributed by atoms with Crippen LogP contribution in [0.1, 0.15) is 38.1 Å². The Morgan fingerprint density at radius 3 is 2.88 bits per heavy atom. The smallest absolute Gasteiger partial charge is 0.155 e. The second-order valence-electron chi connectivity index (χ2n) is 4.34. The van der Waals surface area contributed by atoms with Gasteiger partial charge in [0.25, 0.3) is 0 Å². The summed E-state index contributed by atoms with van der Waals surface area (Å²) in [5.74, 6) is 1.31. The van der Waals surface area contributed by atoms with Crippen LogP contribution in [0, 0.1) is 0 Å². The quantitative estimate of drug-likeness (QED) is 0.789. The van der Waals surface area contributed by atoms with Crippen molar-refractivity contribution in [2.24, 2.45) is 0 Å². The number of pyridine rings is 1. The van der Waals surface area contributed by atoms with Crippen LogP contribution in [0.25, 0.3) is 5.65 Å². The van der Waals surface area contributed by atoms with E-state index >= 15 is 0 Å². The molecule has 2 aromatic rings. The molecule has 0 bridgehead atoms. The van der Waals surface area contributed by atoms with Gasteiger partial charge in [-0.15, -0.1) is 0 Å². The lowest BCUT2D eigenvalue weighted by Gasteiger charge is -1.97. The molecule has 0 aromatic carbocycles. The highest BCUT2D eigenvalue weighted by atomic mass is 16.1. The number of aromatic nitrogens is 3. The lowest BCUT2D eigenvalue weighted by atomic mass is 10.1. The molecule has 0 fully saturated rings. The molecule has 4 heteroatoms. The van der Waals surface area contributed by atoms with Gasteiger partial charge in [0.05, 0.1) is 0 Å². The van der Waals surface area contributed by atoms with Crippen molar-refractivity contribution in [2.75, 3.05) is 0 Å². The van der Waals surface area contributed by atoms with Crippen molar-refractivity contribution in [3.05, 3.63) is 29.7 Å². The number of hydrogen-bond donors (Lipinski definition) is 0. The lowest BCUT2D eigenvalue weighted by Crippen LogP contribution is -1.97. The van der Waals surface area contributed by atoms with Crippen LogP contribution >= 0.6 is 0 Å². The molecule has 0 aliphatic carbocycles. The van der Waals surface area contributed by atoms with E-state index in [1.807, 2.05) is 18.3 Å². The Hall–Kier alpha value is -1.71. The average Bonchev–Trinajstić information content (AvgIpc) is 2.59. The van der Waals surface area contributed by atoms with Crippen LogP contribution in [0.15, 0.2) is 18.3 Å². The van der Waals surface area contributed by atoms with Gasteiger partial charge >= 0.3 is 0 Å². The number of carbonyl (C=O) groups is 1. The molecule has 84 valence electrons. The molecular weight excluding hydrogens is 202 g/mol. The van der Waals surface area contributed by atoms with Gasteiger partial charge < -0.3 is 0 Å². The van der Waals surface area contributed by atoms with Crippen LogP contribution in [0.3, 0.4) is 0 Å². The van der Waals surface area contributed by atoms with Crippen LogP contribution in [-0.2, 0) is 11.2 Å². The van der Waals surface area contributed by atoms with E-state index in [-0.39, 0.29) is 5.78 Å². The number of Topliss-reactive ketones (excluding diaryl/α,β-unsaturated/α-hetero) is 1. The van der Waals surface area contributed by atoms with Crippen molar-refractivity contribution in [1.29, 1.82) is 0 Å². The number of rotatable bonds is 3. The molecule has 0 unspecified atom stereocenters. The summed E-state index contributed by atoms with van der Waals surface area (Å²) in [5.41, 5.74) is 1.80. The molecule has 0 spiro atoms. The molecule has 0 amide bonds. The van der Waals surface area contributed by atoms with Crippen molar-refractivity contribution in [1.82, 2.24) is 14.6 Å². The minimum atomic E-state index is 0.160. The Morgan fingerprint density at radius 2 is 2.25 bits per heavy atom. The maximum atomic E-state index is 11.0. The van der Waals surface area contributed by atoms with E-state index in [4.69, 9.17) is 0 Å². The first-order valence-corrected chi connectivity index (χ1v) is 5.41. The molecular formula is C12H15N3O. The number of hydrogen-bond acceptors (Lipinski definition) is 3. The molecule has 0 aliphatic rings. The number of ketones is 1. The number of fused-ring (bicyclic) bond motifs is 1. The summed E-state index contributed by atoms with van der Waals surface area (Å²) in [6, 6.07) is 3.83. The van der Waals surface area contributed by atoms with Crippen molar-refractivity contribution in [3.63, 3.8) is 0 Å². The van der Waals surface area contributed by atoms with Gasteiger partial charge in [-0.1, -0.05) is 13.8 Å². The standard InChI is InChI=1S/C12H15N3O/c1-8(2)12-13-11-7-10(6-9(3)16)4-5-15(11)14-12/h4-5,7-8H,6H2,1-3H3. The van der Waals surface area contributed by atoms with E-state index in [0.717, 1.165) is 17.0 Å². The molecule has 0 saturated carbocycles. The average molecular weight is 217 g/mol. The van der Waals surface area contributed by atoms with Crippen LogP contribution in [0.4, 0.5) is 0 Å². The fourth-order valence-electron chi connectivity index (χ4n) is 1.58. The van der Waals surface area contributed by atoms with Crippen molar-refractivity contribution < 1.29 is 4.79 Å². The second-order valence-corrected chi connectivity index (χ2v) is 4.34. The van der Waals surface area contributed by atoms with E-state index in [1.54, 1.807) is 11.4 Å². The molecule has 0 atom stereocenters. The van der Waals surface area contributed by atoms with Crippen molar-refractivity contribution in [2.45, 2.75) is 33.1 Å². The summed E-state index contributed by atoms with van der Waals surface area (Å²) in [6.45, 7) is 5.71. The van der Waals surface area contributed by atoms with Crippen molar-refractivity contribution >= 4 is 11.4 Å². The van der Waals surface area contributed by atoms with E-state index < -0.39 is 0 Å². The van der Waals surface area contributed by atoms with Gasteiger partial charge in [-0.2, -0.15) is 5.10 Å². The van der Waals surface area contributed by atoms with Gasteiger partial charge in [0.15, 0.2) is 11.5 Å². The van der Waals surface area contributed by atoms with Crippen LogP contribution in [0.5, 0.6) is 0 Å². The molecule has 0 aliphatic heterocycles. The summed E-state index contributed by atoms with van der Waals surface area (Å²) in [7, 11) is 0. The van der Waals surface area contributed by atoms with Crippen LogP contribution in [-0.4, -0.2) is 20.4 Å². The Bertz CT molecular complexity index is 528. The van der Waals surface area contributed by atoms with Gasteiger partial charge in [-0.05, 0) is 24.6 Å². The molecule has 0 N–H and O–H groups in total. The first kappa shape index (κ1) is 10.8. The van der Waals surface area contributed by atoms with E-state index in [0.29, 0.717) is 12.3 Å². The van der Waals surface area contributed by atoms with E-state index in [9.17, 15) is 4.79 Å². The zero-order valence-electron chi connectivity index (χ0n) is 9.77. The highest BCUT2D eigenvalue weighted by Gasteiger charge is 2.08. The minimum Gasteiger partial charge on any atom is -0.300 e. The molecule has 4 nitrogen and oxygen atoms in total. The number of carbonyl (C=O) groups excluding carboxylic acids is 1. The predicted molar refractivity (Wildman–Crippen MR) is 61.5 cm³/mol. The third-order valence-corrected chi connectivity index (χ3v) is 2.39. The number of nitrogens with zero attached hydrogens (tertiary/aromatic N) is 3. The maximum absolute atomic E-state index is 11.0. The first-order valence-electron chi connectivity index (χ1n) is 5.41. The SMILES string of the molecule is CC(=O)Cc1ccn2nc(C(C)C)nc2c1. The van der Waals surface area contributed by atoms with Gasteiger partial charge in [-0.25, -0.2) is 9.50 Å². The van der Waals surface area contributed by atoms with Gasteiger partial charge in [0.1, 0.15) is 5.78 Å². The topological polar surface area (TPSA) is 47.3 Å². The molecule has 0 saturated heterocycles. The summed E-state index contributed by atoms with van der Waals surface area (Å²) >= 11 is 0. The zero-order chi connectivity index (χ0) is 11.7. The molecule has 0 radical (unpaired) electrons. The molecule has 16 heavy (non-hydrogen) atoms. The van der Waals surface area contributed by atoms with Gasteiger partial charge in [-0.3, -0.25) is 4.79 Å². The van der Waals surface area contributed by atoms with Gasteiger partial charge in [0, 0.05) is 18.5 Å². The second kappa shape index (κ2) is 4.04. The molecule has 2 heterocycles. The third-order valence-electron chi connectivity index (χ3n) is 2.39. The Kier molecular flexibility index (Phi) is 2.73. The van der Waals surface area contributed by atoms with Crippen LogP contribution < -0.4 is 0 Å². The normalized spacial score (nSPS) is 11.2. The fraction of sp³-hybridized carbons (Fsp3) is 0.417. The summed E-state index contributed by atoms with van der Waals surface area (Å²) in [6.07, 6.45) is 2.31. The minimum absolute atomic E-state index is 0.160. The highest BCUT2D eigenvalue weighted by Crippen LogP contribution is 2.12. The van der Waals surface area contributed by atoms with Crippen molar-refractivity contribution in [3.8, 4) is 0 Å². The Morgan fingerprint density at radius 1 is 1.50 bits per heavy atom. The molecule has 2 rings (SSSR count). The molecule has 2 aromatic heterocycles. The maximum Gasteiger partial charge on any atom is 0.155 e. The lowest BCUT2D eigenvalue weighted by molar-refractivity contribution is -0.116. The van der Waals surface area contributed by atoms with Crippen LogP contribution in [0.2, 0.25) is 0 Å². The monoisotopic (exact) mass is 217 g/mol. The Labute approximate surface area is 94.3 Å². The first-order chi connectivity index (χ1) is 7.56. The van der Waals surface area contributed by atoms with Gasteiger partial charge in [0.2, 0.25) is 0 Å². The summed E-state index contributed by atoms with van der Waals surface area (Å²) in [4.78, 5) is 15.4. The zero-order valence-corrected chi connectivity index (χ0v) is 9.77.